The third kappa shape index (κ3) is 4.49. The summed E-state index contributed by atoms with van der Waals surface area (Å²) in [6, 6.07) is 11.8. The first kappa shape index (κ1) is 16.8. The maximum atomic E-state index is 11.4. The van der Waals surface area contributed by atoms with Gasteiger partial charge < -0.3 is 10.1 Å². The van der Waals surface area contributed by atoms with E-state index in [4.69, 9.17) is 16.3 Å². The lowest BCUT2D eigenvalue weighted by Gasteiger charge is -2.13. The molecule has 0 radical (unpaired) electrons. The zero-order chi connectivity index (χ0) is 16.1. The van der Waals surface area contributed by atoms with E-state index in [1.807, 2.05) is 37.3 Å². The Hall–Kier alpha value is -1.52. The van der Waals surface area contributed by atoms with Crippen molar-refractivity contribution < 1.29 is 8.95 Å². The van der Waals surface area contributed by atoms with Crippen molar-refractivity contribution >= 4 is 28.1 Å². The summed E-state index contributed by atoms with van der Waals surface area (Å²) in [5.41, 5.74) is 4.10. The second-order valence-corrected chi connectivity index (χ2v) is 7.04. The van der Waals surface area contributed by atoms with Gasteiger partial charge in [-0.1, -0.05) is 35.4 Å². The summed E-state index contributed by atoms with van der Waals surface area (Å²) in [5, 5.41) is 3.98. The van der Waals surface area contributed by atoms with Crippen molar-refractivity contribution in [3.63, 3.8) is 0 Å². The summed E-state index contributed by atoms with van der Waals surface area (Å²) in [4.78, 5) is 0. The van der Waals surface area contributed by atoms with Crippen LogP contribution in [0.4, 0.5) is 5.69 Å². The lowest BCUT2D eigenvalue weighted by Crippen LogP contribution is -2.03. The van der Waals surface area contributed by atoms with Crippen LogP contribution in [0.5, 0.6) is 5.75 Å². The molecule has 0 fully saturated rings. The second-order valence-electron chi connectivity index (χ2n) is 5.20. The minimum Gasteiger partial charge on any atom is -0.496 e. The van der Waals surface area contributed by atoms with Gasteiger partial charge in [0, 0.05) is 34.9 Å². The molecule has 22 heavy (non-hydrogen) atoms. The molecule has 3 nitrogen and oxygen atoms in total. The molecule has 5 heteroatoms. The van der Waals surface area contributed by atoms with Crippen LogP contribution in [-0.2, 0) is 23.1 Å². The van der Waals surface area contributed by atoms with Crippen molar-refractivity contribution in [2.24, 2.45) is 0 Å². The zero-order valence-electron chi connectivity index (χ0n) is 13.0. The van der Waals surface area contributed by atoms with Crippen molar-refractivity contribution in [1.82, 2.24) is 0 Å². The quantitative estimate of drug-likeness (QED) is 0.860. The van der Waals surface area contributed by atoms with Gasteiger partial charge in [-0.05, 0) is 30.7 Å². The van der Waals surface area contributed by atoms with Gasteiger partial charge in [0.15, 0.2) is 0 Å². The largest absolute Gasteiger partial charge is 0.496 e. The highest BCUT2D eigenvalue weighted by atomic mass is 35.5. The van der Waals surface area contributed by atoms with E-state index < -0.39 is 10.8 Å². The summed E-state index contributed by atoms with van der Waals surface area (Å²) in [6.07, 6.45) is 1.69. The maximum Gasteiger partial charge on any atom is 0.123 e. The van der Waals surface area contributed by atoms with E-state index in [9.17, 15) is 4.21 Å². The van der Waals surface area contributed by atoms with Crippen molar-refractivity contribution in [2.45, 2.75) is 19.2 Å². The molecule has 0 aliphatic carbocycles. The molecule has 0 spiro atoms. The van der Waals surface area contributed by atoms with E-state index in [1.54, 1.807) is 13.4 Å². The van der Waals surface area contributed by atoms with E-state index in [1.165, 1.54) is 5.56 Å². The van der Waals surface area contributed by atoms with E-state index in [0.29, 0.717) is 17.3 Å². The summed E-state index contributed by atoms with van der Waals surface area (Å²) >= 11 is 6.23. The number of halogens is 1. The molecule has 2 aromatic rings. The highest BCUT2D eigenvalue weighted by Crippen LogP contribution is 2.26. The molecular weight excluding hydrogens is 318 g/mol. The van der Waals surface area contributed by atoms with Crippen LogP contribution in [0.15, 0.2) is 36.4 Å². The van der Waals surface area contributed by atoms with Gasteiger partial charge in [-0.3, -0.25) is 4.21 Å². The molecule has 0 aliphatic heterocycles. The number of nitrogens with one attached hydrogen (secondary N) is 1. The van der Waals surface area contributed by atoms with Crippen LogP contribution in [0.25, 0.3) is 0 Å². The minimum absolute atomic E-state index is 0.527. The maximum absolute atomic E-state index is 11.4. The van der Waals surface area contributed by atoms with Crippen molar-refractivity contribution in [3.8, 4) is 5.75 Å². The molecule has 0 amide bonds. The van der Waals surface area contributed by atoms with E-state index >= 15 is 0 Å². The van der Waals surface area contributed by atoms with Gasteiger partial charge in [-0.15, -0.1) is 0 Å². The van der Waals surface area contributed by atoms with E-state index in [2.05, 4.69) is 11.4 Å². The monoisotopic (exact) mass is 337 g/mol. The molecule has 2 aromatic carbocycles. The first-order chi connectivity index (χ1) is 10.5. The predicted octanol–water partition coefficient (Wildman–Crippen LogP) is 4.15. The highest BCUT2D eigenvalue weighted by Gasteiger charge is 2.07. The molecule has 0 heterocycles. The van der Waals surface area contributed by atoms with Crippen LogP contribution in [0.1, 0.15) is 16.7 Å². The fraction of sp³-hybridized carbons (Fsp3) is 0.294. The fourth-order valence-corrected chi connectivity index (χ4v) is 3.10. The highest BCUT2D eigenvalue weighted by molar-refractivity contribution is 7.83. The summed E-state index contributed by atoms with van der Waals surface area (Å²) < 4.78 is 16.7. The number of rotatable bonds is 6. The van der Waals surface area contributed by atoms with Gasteiger partial charge >= 0.3 is 0 Å². The third-order valence-corrected chi connectivity index (χ3v) is 4.38. The van der Waals surface area contributed by atoms with Crippen LogP contribution >= 0.6 is 11.6 Å². The Morgan fingerprint density at radius 2 is 2.00 bits per heavy atom. The van der Waals surface area contributed by atoms with Gasteiger partial charge in [0.1, 0.15) is 5.75 Å². The SMILES string of the molecule is COc1ccc(C)cc1CNc1cc(C[S@@](C)=O)ccc1Cl. The molecule has 0 saturated heterocycles. The normalized spacial score (nSPS) is 12.0. The first-order valence-electron chi connectivity index (χ1n) is 6.95. The van der Waals surface area contributed by atoms with Crippen molar-refractivity contribution in [1.29, 1.82) is 0 Å². The molecule has 0 saturated carbocycles. The van der Waals surface area contributed by atoms with Crippen LogP contribution in [0.2, 0.25) is 5.02 Å². The average molecular weight is 338 g/mol. The molecule has 0 aliphatic rings. The van der Waals surface area contributed by atoms with Crippen LogP contribution in [0, 0.1) is 6.92 Å². The molecule has 0 unspecified atom stereocenters. The minimum atomic E-state index is -0.870. The Labute approximate surface area is 139 Å². The van der Waals surface area contributed by atoms with Crippen LogP contribution in [-0.4, -0.2) is 17.6 Å². The van der Waals surface area contributed by atoms with Crippen molar-refractivity contribution in [3.05, 3.63) is 58.1 Å². The van der Waals surface area contributed by atoms with Gasteiger partial charge in [0.05, 0.1) is 17.8 Å². The number of benzene rings is 2. The lowest BCUT2D eigenvalue weighted by molar-refractivity contribution is 0.410. The standard InChI is InChI=1S/C17H20ClNO2S/c1-12-4-7-17(21-2)14(8-12)10-19-16-9-13(11-22(3)20)5-6-15(16)18/h4-9,19H,10-11H2,1-3H3/t22-/m1/s1. The molecule has 2 rings (SSSR count). The van der Waals surface area contributed by atoms with Crippen LogP contribution < -0.4 is 10.1 Å². The molecule has 1 atom stereocenters. The van der Waals surface area contributed by atoms with Gasteiger partial charge in [0.2, 0.25) is 0 Å². The molecule has 0 bridgehead atoms. The van der Waals surface area contributed by atoms with Gasteiger partial charge in [0.25, 0.3) is 0 Å². The Kier molecular flexibility index (Phi) is 5.86. The van der Waals surface area contributed by atoms with Gasteiger partial charge in [-0.2, -0.15) is 0 Å². The molecule has 0 aromatic heterocycles. The lowest BCUT2D eigenvalue weighted by atomic mass is 10.1. The molecule has 1 N–H and O–H groups in total. The summed E-state index contributed by atoms with van der Waals surface area (Å²) in [6.45, 7) is 2.66. The molecule has 118 valence electrons. The zero-order valence-corrected chi connectivity index (χ0v) is 14.6. The number of hydrogen-bond donors (Lipinski definition) is 1. The fourth-order valence-electron chi connectivity index (χ4n) is 2.27. The topological polar surface area (TPSA) is 38.3 Å². The Bertz CT molecular complexity index is 688. The first-order valence-corrected chi connectivity index (χ1v) is 9.06. The number of aryl methyl sites for hydroxylation is 1. The van der Waals surface area contributed by atoms with Crippen LogP contribution in [0.3, 0.4) is 0 Å². The Balaban J connectivity index is 2.17. The Morgan fingerprint density at radius 3 is 2.68 bits per heavy atom. The third-order valence-electron chi connectivity index (χ3n) is 3.31. The predicted molar refractivity (Wildman–Crippen MR) is 94.3 cm³/mol. The summed E-state index contributed by atoms with van der Waals surface area (Å²) in [7, 11) is 0.795. The van der Waals surface area contributed by atoms with E-state index in [0.717, 1.165) is 22.6 Å². The van der Waals surface area contributed by atoms with Gasteiger partial charge in [-0.25, -0.2) is 0 Å². The number of ether oxygens (including phenoxy) is 1. The average Bonchev–Trinajstić information content (AvgIpc) is 2.47. The number of anilines is 1. The summed E-state index contributed by atoms with van der Waals surface area (Å²) in [5.74, 6) is 1.37. The number of hydrogen-bond acceptors (Lipinski definition) is 3. The number of methoxy groups -OCH3 is 1. The molecular formula is C17H20ClNO2S. The van der Waals surface area contributed by atoms with E-state index in [-0.39, 0.29) is 0 Å². The smallest absolute Gasteiger partial charge is 0.123 e. The Morgan fingerprint density at radius 1 is 1.23 bits per heavy atom. The van der Waals surface area contributed by atoms with Crippen molar-refractivity contribution in [2.75, 3.05) is 18.7 Å². The second kappa shape index (κ2) is 7.65.